The molecule has 11 nitrogen and oxygen atoms in total. The fourth-order valence-corrected chi connectivity index (χ4v) is 6.88. The third kappa shape index (κ3) is 7.94. The number of rotatable bonds is 7. The maximum absolute atomic E-state index is 13.8. The van der Waals surface area contributed by atoms with Crippen LogP contribution in [0.4, 0.5) is 4.79 Å². The van der Waals surface area contributed by atoms with Gasteiger partial charge in [0.2, 0.25) is 0 Å². The number of aromatic amines is 1. The monoisotopic (exact) mass is 671 g/mol. The summed E-state index contributed by atoms with van der Waals surface area (Å²) < 4.78 is 7.44. The van der Waals surface area contributed by atoms with Crippen LogP contribution in [-0.2, 0) is 16.0 Å². The Morgan fingerprint density at radius 2 is 1.52 bits per heavy atom. The van der Waals surface area contributed by atoms with Gasteiger partial charge >= 0.3 is 11.8 Å². The number of aromatic nitrogens is 3. The van der Waals surface area contributed by atoms with Gasteiger partial charge in [-0.2, -0.15) is 0 Å². The highest BCUT2D eigenvalue weighted by atomic mass is 35.5. The van der Waals surface area contributed by atoms with Crippen LogP contribution in [0.1, 0.15) is 44.7 Å². The van der Waals surface area contributed by atoms with E-state index < -0.39 is 12.2 Å². The molecule has 1 aromatic heterocycles. The summed E-state index contributed by atoms with van der Waals surface area (Å²) in [5, 5.41) is 8.73. The van der Waals surface area contributed by atoms with Crippen LogP contribution in [0.15, 0.2) is 53.3 Å². The summed E-state index contributed by atoms with van der Waals surface area (Å²) in [6.45, 7) is 6.04. The van der Waals surface area contributed by atoms with Gasteiger partial charge in [-0.3, -0.25) is 14.7 Å². The quantitative estimate of drug-likeness (QED) is 0.381. The molecule has 46 heavy (non-hydrogen) atoms. The van der Waals surface area contributed by atoms with E-state index in [0.717, 1.165) is 50.1 Å². The molecule has 1 atom stereocenters. The largest absolute Gasteiger partial charge is 0.436 e. The SMILES string of the molecule is C.O=C(O[C@H](Cc1ccc(Cl)c(Cl)c1)C(=O)N1CCC(N2CCNCC2)CC1)N1CCC(n2nc(-c3ccccc3)[nH]c2=O)CC1. The number of piperazine rings is 1. The summed E-state index contributed by atoms with van der Waals surface area (Å²) in [6.07, 6.45) is 1.53. The molecule has 6 rings (SSSR count). The Balaban J connectivity index is 0.00000417. The molecule has 2 amide bonds. The summed E-state index contributed by atoms with van der Waals surface area (Å²) in [5.74, 6) is 0.322. The van der Waals surface area contributed by atoms with E-state index >= 15 is 0 Å². The number of amides is 2. The number of nitrogens with one attached hydrogen (secondary N) is 2. The molecule has 3 aromatic rings. The van der Waals surface area contributed by atoms with Crippen molar-refractivity contribution in [2.24, 2.45) is 0 Å². The summed E-state index contributed by atoms with van der Waals surface area (Å²) in [7, 11) is 0. The van der Waals surface area contributed by atoms with Gasteiger partial charge in [-0.25, -0.2) is 14.3 Å². The average molecular weight is 673 g/mol. The van der Waals surface area contributed by atoms with Gasteiger partial charge in [0.1, 0.15) is 0 Å². The predicted molar refractivity (Wildman–Crippen MR) is 179 cm³/mol. The van der Waals surface area contributed by atoms with E-state index in [1.807, 2.05) is 35.2 Å². The average Bonchev–Trinajstić information content (AvgIpc) is 3.48. The van der Waals surface area contributed by atoms with Crippen molar-refractivity contribution in [3.63, 3.8) is 0 Å². The van der Waals surface area contributed by atoms with Crippen LogP contribution in [0.5, 0.6) is 0 Å². The summed E-state index contributed by atoms with van der Waals surface area (Å²) in [4.78, 5) is 48.8. The van der Waals surface area contributed by atoms with Crippen molar-refractivity contribution in [1.82, 2.24) is 34.8 Å². The standard InChI is InChI=1S/C32H39Cl2N7O4.CH4/c33-26-7-6-22(20-27(26)34)21-28(30(42)39-14-8-24(9-15-39)38-18-12-35-13-19-38)45-32(44)40-16-10-25(11-17-40)41-31(43)36-29(37-41)23-4-2-1-3-5-23;/h1-7,20,24-25,28,35H,8-19,21H2,(H,36,37,43);1H4/t28-;/m1./s1. The Morgan fingerprint density at radius 3 is 2.20 bits per heavy atom. The molecule has 248 valence electrons. The molecule has 0 aliphatic carbocycles. The number of halogens is 2. The van der Waals surface area contributed by atoms with Crippen LogP contribution < -0.4 is 11.0 Å². The number of ether oxygens (including phenoxy) is 1. The summed E-state index contributed by atoms with van der Waals surface area (Å²) in [5.41, 5.74) is 1.32. The number of benzene rings is 2. The molecule has 2 aromatic carbocycles. The number of carbonyl (C=O) groups excluding carboxylic acids is 2. The minimum Gasteiger partial charge on any atom is -0.436 e. The first-order valence-electron chi connectivity index (χ1n) is 15.7. The summed E-state index contributed by atoms with van der Waals surface area (Å²) in [6, 6.07) is 15.0. The lowest BCUT2D eigenvalue weighted by molar-refractivity contribution is -0.142. The van der Waals surface area contributed by atoms with Crippen molar-refractivity contribution in [2.45, 2.75) is 57.7 Å². The smallest absolute Gasteiger partial charge is 0.410 e. The van der Waals surface area contributed by atoms with Crippen LogP contribution in [0, 0.1) is 0 Å². The number of hydrogen-bond donors (Lipinski definition) is 2. The number of piperidine rings is 2. The molecule has 3 aliphatic rings. The predicted octanol–water partition coefficient (Wildman–Crippen LogP) is 4.46. The van der Waals surface area contributed by atoms with Gasteiger partial charge in [-0.05, 0) is 43.4 Å². The molecule has 0 bridgehead atoms. The van der Waals surface area contributed by atoms with E-state index in [-0.39, 0.29) is 31.5 Å². The van der Waals surface area contributed by atoms with Crippen LogP contribution >= 0.6 is 23.2 Å². The Morgan fingerprint density at radius 1 is 0.870 bits per heavy atom. The number of likely N-dealkylation sites (tertiary alicyclic amines) is 2. The normalized spacial score (nSPS) is 19.0. The second-order valence-corrected chi connectivity index (χ2v) is 12.8. The van der Waals surface area contributed by atoms with E-state index in [4.69, 9.17) is 27.9 Å². The second kappa shape index (κ2) is 15.5. The second-order valence-electron chi connectivity index (χ2n) is 12.0. The molecular weight excluding hydrogens is 629 g/mol. The zero-order valence-corrected chi connectivity index (χ0v) is 26.7. The number of hydrogen-bond acceptors (Lipinski definition) is 7. The highest BCUT2D eigenvalue weighted by Gasteiger charge is 2.35. The lowest BCUT2D eigenvalue weighted by atomic mass is 10.0. The van der Waals surface area contributed by atoms with Gasteiger partial charge in [0.15, 0.2) is 11.9 Å². The minimum atomic E-state index is -0.995. The Hall–Kier alpha value is -3.38. The molecule has 0 unspecified atom stereocenters. The molecule has 3 saturated heterocycles. The molecule has 3 aliphatic heterocycles. The Labute approximate surface area is 279 Å². The molecule has 0 radical (unpaired) electrons. The minimum absolute atomic E-state index is 0. The van der Waals surface area contributed by atoms with Crippen LogP contribution in [-0.4, -0.2) is 106 Å². The van der Waals surface area contributed by atoms with Crippen LogP contribution in [0.2, 0.25) is 10.0 Å². The van der Waals surface area contributed by atoms with Crippen molar-refractivity contribution in [2.75, 3.05) is 52.4 Å². The van der Waals surface area contributed by atoms with Crippen molar-refractivity contribution in [1.29, 1.82) is 0 Å². The highest BCUT2D eigenvalue weighted by molar-refractivity contribution is 6.42. The van der Waals surface area contributed by atoms with E-state index in [2.05, 4.69) is 20.3 Å². The first kappa shape index (κ1) is 34.0. The van der Waals surface area contributed by atoms with Gasteiger partial charge < -0.3 is 19.9 Å². The van der Waals surface area contributed by atoms with Crippen LogP contribution in [0.3, 0.4) is 0 Å². The lowest BCUT2D eigenvalue weighted by Crippen LogP contribution is -2.54. The fourth-order valence-electron chi connectivity index (χ4n) is 6.56. The van der Waals surface area contributed by atoms with E-state index in [1.165, 1.54) is 4.68 Å². The van der Waals surface area contributed by atoms with Gasteiger partial charge in [-0.15, -0.1) is 5.10 Å². The molecule has 2 N–H and O–H groups in total. The third-order valence-corrected chi connectivity index (χ3v) is 9.86. The zero-order valence-electron chi connectivity index (χ0n) is 25.2. The van der Waals surface area contributed by atoms with Gasteiger partial charge in [-0.1, -0.05) is 67.0 Å². The maximum atomic E-state index is 13.8. The van der Waals surface area contributed by atoms with E-state index in [9.17, 15) is 14.4 Å². The first-order valence-corrected chi connectivity index (χ1v) is 16.5. The summed E-state index contributed by atoms with van der Waals surface area (Å²) >= 11 is 12.4. The first-order chi connectivity index (χ1) is 21.9. The van der Waals surface area contributed by atoms with Gasteiger partial charge in [0, 0.05) is 70.4 Å². The lowest BCUT2D eigenvalue weighted by Gasteiger charge is -2.41. The van der Waals surface area contributed by atoms with Gasteiger partial charge in [0.25, 0.3) is 5.91 Å². The molecule has 0 saturated carbocycles. The number of nitrogens with zero attached hydrogens (tertiary/aromatic N) is 5. The van der Waals surface area contributed by atoms with Crippen molar-refractivity contribution in [3.8, 4) is 11.4 Å². The fraction of sp³-hybridized carbons (Fsp3) is 0.515. The van der Waals surface area contributed by atoms with Crippen molar-refractivity contribution in [3.05, 3.63) is 74.6 Å². The topological polar surface area (TPSA) is 116 Å². The number of carbonyl (C=O) groups is 2. The molecular formula is C33H43Cl2N7O4. The third-order valence-electron chi connectivity index (χ3n) is 9.12. The highest BCUT2D eigenvalue weighted by Crippen LogP contribution is 2.26. The molecule has 4 heterocycles. The van der Waals surface area contributed by atoms with Crippen molar-refractivity contribution >= 4 is 35.2 Å². The molecule has 0 spiro atoms. The van der Waals surface area contributed by atoms with Gasteiger partial charge in [0.05, 0.1) is 16.1 Å². The van der Waals surface area contributed by atoms with E-state index in [1.54, 1.807) is 23.1 Å². The number of H-pyrrole nitrogens is 1. The van der Waals surface area contributed by atoms with E-state index in [0.29, 0.717) is 60.9 Å². The maximum Gasteiger partial charge on any atom is 0.410 e. The zero-order chi connectivity index (χ0) is 31.3. The Kier molecular flexibility index (Phi) is 11.4. The molecule has 13 heteroatoms. The molecule has 3 fully saturated rings. The van der Waals surface area contributed by atoms with Crippen LogP contribution in [0.25, 0.3) is 11.4 Å². The Bertz CT molecular complexity index is 1530. The van der Waals surface area contributed by atoms with Crippen molar-refractivity contribution < 1.29 is 14.3 Å².